The summed E-state index contributed by atoms with van der Waals surface area (Å²) >= 11 is 1.78. The summed E-state index contributed by atoms with van der Waals surface area (Å²) in [6, 6.07) is 1.81. The molecule has 1 aliphatic carbocycles. The first kappa shape index (κ1) is 21.8. The highest BCUT2D eigenvalue weighted by Gasteiger charge is 2.33. The third-order valence-electron chi connectivity index (χ3n) is 7.25. The molecule has 1 unspecified atom stereocenters. The summed E-state index contributed by atoms with van der Waals surface area (Å²) in [5.41, 5.74) is 3.10. The summed E-state index contributed by atoms with van der Waals surface area (Å²) in [6.07, 6.45) is 9.25. The van der Waals surface area contributed by atoms with Crippen molar-refractivity contribution in [2.24, 2.45) is 11.3 Å². The first-order chi connectivity index (χ1) is 16.8. The van der Waals surface area contributed by atoms with Crippen LogP contribution >= 0.6 is 11.3 Å². The van der Waals surface area contributed by atoms with E-state index in [0.717, 1.165) is 28.7 Å². The Balaban J connectivity index is 1.32. The Hall–Kier alpha value is -3.74. The van der Waals surface area contributed by atoms with Crippen LogP contribution in [0.4, 0.5) is 5.95 Å². The van der Waals surface area contributed by atoms with E-state index in [9.17, 15) is 10.1 Å². The summed E-state index contributed by atoms with van der Waals surface area (Å²) in [5.74, 6) is 0.732. The van der Waals surface area contributed by atoms with E-state index in [-0.39, 0.29) is 6.67 Å². The van der Waals surface area contributed by atoms with Crippen LogP contribution in [-0.2, 0) is 19.5 Å². The predicted octanol–water partition coefficient (Wildman–Crippen LogP) is 3.75. The van der Waals surface area contributed by atoms with E-state index in [2.05, 4.69) is 46.0 Å². The topological polar surface area (TPSA) is 135 Å². The van der Waals surface area contributed by atoms with Crippen molar-refractivity contribution in [2.75, 3.05) is 0 Å². The number of hydrogen-bond donors (Lipinski definition) is 0. The van der Waals surface area contributed by atoms with Gasteiger partial charge in [-0.15, -0.1) is 16.4 Å². The molecule has 5 aromatic heterocycles. The molecule has 0 saturated heterocycles. The molecule has 0 N–H and O–H groups in total. The van der Waals surface area contributed by atoms with Crippen molar-refractivity contribution in [2.45, 2.75) is 53.1 Å². The van der Waals surface area contributed by atoms with Crippen LogP contribution in [0, 0.1) is 21.4 Å². The van der Waals surface area contributed by atoms with E-state index in [0.29, 0.717) is 22.9 Å². The minimum absolute atomic E-state index is 0.188. The number of fused-ring (bicyclic) bond motifs is 5. The average Bonchev–Trinajstić information content (AvgIpc) is 3.62. The van der Waals surface area contributed by atoms with Crippen LogP contribution in [0.1, 0.15) is 44.1 Å². The maximum atomic E-state index is 10.8. The van der Waals surface area contributed by atoms with Gasteiger partial charge in [-0.1, -0.05) is 32.2 Å². The van der Waals surface area contributed by atoms with Gasteiger partial charge in [-0.25, -0.2) is 19.2 Å². The first-order valence-corrected chi connectivity index (χ1v) is 12.4. The van der Waals surface area contributed by atoms with Gasteiger partial charge in [0.25, 0.3) is 0 Å². The Morgan fingerprint density at radius 3 is 2.83 bits per heavy atom. The zero-order valence-corrected chi connectivity index (χ0v) is 20.4. The summed E-state index contributed by atoms with van der Waals surface area (Å²) < 4.78 is 4.69. The molecule has 0 aromatic carbocycles. The van der Waals surface area contributed by atoms with Crippen LogP contribution < -0.4 is 0 Å². The van der Waals surface area contributed by atoms with Crippen LogP contribution in [0.25, 0.3) is 27.4 Å². The lowest BCUT2D eigenvalue weighted by atomic mass is 9.70. The number of nitrogens with zero attached hydrogens (tertiary/aromatic N) is 10. The molecule has 0 amide bonds. The van der Waals surface area contributed by atoms with Crippen molar-refractivity contribution in [3.05, 3.63) is 45.5 Å². The number of rotatable bonds is 6. The Kier molecular flexibility index (Phi) is 4.91. The molecule has 35 heavy (non-hydrogen) atoms. The molecule has 1 atom stereocenters. The van der Waals surface area contributed by atoms with Gasteiger partial charge in [-0.05, 0) is 47.1 Å². The number of thiophene rings is 1. The molecule has 6 rings (SSSR count). The van der Waals surface area contributed by atoms with Gasteiger partial charge >= 0.3 is 5.95 Å². The van der Waals surface area contributed by atoms with Gasteiger partial charge in [0.1, 0.15) is 16.9 Å². The predicted molar refractivity (Wildman–Crippen MR) is 129 cm³/mol. The molecular weight excluding hydrogens is 468 g/mol. The summed E-state index contributed by atoms with van der Waals surface area (Å²) in [7, 11) is 0. The van der Waals surface area contributed by atoms with Gasteiger partial charge in [0, 0.05) is 16.2 Å². The number of aromatic nitrogens is 9. The largest absolute Gasteiger partial charge is 0.491 e. The molecular formula is C22H24N10O2S. The monoisotopic (exact) mass is 492 g/mol. The quantitative estimate of drug-likeness (QED) is 0.258. The summed E-state index contributed by atoms with van der Waals surface area (Å²) in [4.78, 5) is 25.8. The van der Waals surface area contributed by atoms with Gasteiger partial charge in [-0.3, -0.25) is 0 Å². The minimum Gasteiger partial charge on any atom is -0.390 e. The fraction of sp³-hybridized carbons (Fsp3) is 0.455. The lowest BCUT2D eigenvalue weighted by molar-refractivity contribution is -0.394. The number of hydrogen-bond acceptors (Lipinski definition) is 9. The van der Waals surface area contributed by atoms with Crippen molar-refractivity contribution < 1.29 is 4.92 Å². The van der Waals surface area contributed by atoms with Gasteiger partial charge in [-0.2, -0.15) is 9.78 Å². The third-order valence-corrected chi connectivity index (χ3v) is 8.41. The van der Waals surface area contributed by atoms with E-state index in [1.165, 1.54) is 34.3 Å². The smallest absolute Gasteiger partial charge is 0.390 e. The number of nitro groups is 1. The Morgan fingerprint density at radius 2 is 2.06 bits per heavy atom. The molecule has 1 aliphatic rings. The molecule has 13 heteroatoms. The van der Waals surface area contributed by atoms with Gasteiger partial charge in [0.05, 0.1) is 5.39 Å². The molecule has 0 aliphatic heterocycles. The van der Waals surface area contributed by atoms with Crippen molar-refractivity contribution in [3.63, 3.8) is 0 Å². The van der Waals surface area contributed by atoms with Crippen LogP contribution in [0.3, 0.4) is 0 Å². The van der Waals surface area contributed by atoms with Gasteiger partial charge in [0.15, 0.2) is 12.3 Å². The zero-order chi connectivity index (χ0) is 24.3. The number of aryl methyl sites for hydroxylation is 1. The molecule has 180 valence electrons. The van der Waals surface area contributed by atoms with Crippen molar-refractivity contribution >= 4 is 33.1 Å². The SMILES string of the molecule is CCC(C)(C)C1CCc2c(sc3ncn4nc(-c5ccn(Cn6cnc([N+](=O)[O-])n6)n5)nc4c23)C1. The second kappa shape index (κ2) is 7.90. The maximum Gasteiger partial charge on any atom is 0.491 e. The van der Waals surface area contributed by atoms with Crippen molar-refractivity contribution in [1.29, 1.82) is 0 Å². The molecule has 0 bridgehead atoms. The molecule has 0 spiro atoms. The molecule has 5 heterocycles. The summed E-state index contributed by atoms with van der Waals surface area (Å²) in [5, 5.41) is 24.9. The third kappa shape index (κ3) is 3.66. The minimum atomic E-state index is -0.631. The lowest BCUT2D eigenvalue weighted by Crippen LogP contribution is -2.28. The second-order valence-electron chi connectivity index (χ2n) is 9.64. The fourth-order valence-electron chi connectivity index (χ4n) is 4.78. The molecule has 0 fully saturated rings. The van der Waals surface area contributed by atoms with Crippen molar-refractivity contribution in [3.8, 4) is 11.5 Å². The highest BCUT2D eigenvalue weighted by atomic mass is 32.1. The Bertz CT molecular complexity index is 1580. The Labute approximate surface area is 203 Å². The zero-order valence-electron chi connectivity index (χ0n) is 19.6. The van der Waals surface area contributed by atoms with E-state index in [4.69, 9.17) is 4.98 Å². The standard InChI is InChI=1S/C22H24N10O2S/c1-4-22(2,3)13-5-6-14-16(9-13)35-20-17(14)19-25-18(27-31(19)11-23-20)15-7-8-29(26-15)12-30-10-24-21(28-30)32(33)34/h7-8,10-11,13H,4-6,9,12H2,1-3H3. The van der Waals surface area contributed by atoms with E-state index in [1.807, 2.05) is 6.07 Å². The Morgan fingerprint density at radius 1 is 1.20 bits per heavy atom. The van der Waals surface area contributed by atoms with Crippen LogP contribution in [0.15, 0.2) is 24.9 Å². The van der Waals surface area contributed by atoms with Crippen LogP contribution in [-0.4, -0.2) is 49.1 Å². The van der Waals surface area contributed by atoms with E-state index in [1.54, 1.807) is 33.1 Å². The van der Waals surface area contributed by atoms with E-state index < -0.39 is 10.9 Å². The normalized spacial score (nSPS) is 16.3. The van der Waals surface area contributed by atoms with Crippen LogP contribution in [0.2, 0.25) is 0 Å². The molecule has 12 nitrogen and oxygen atoms in total. The van der Waals surface area contributed by atoms with Gasteiger partial charge in [0.2, 0.25) is 12.2 Å². The average molecular weight is 493 g/mol. The van der Waals surface area contributed by atoms with E-state index >= 15 is 0 Å². The summed E-state index contributed by atoms with van der Waals surface area (Å²) in [6.45, 7) is 7.22. The highest BCUT2D eigenvalue weighted by molar-refractivity contribution is 7.19. The molecule has 0 radical (unpaired) electrons. The molecule has 5 aromatic rings. The van der Waals surface area contributed by atoms with Gasteiger partial charge < -0.3 is 10.1 Å². The lowest BCUT2D eigenvalue weighted by Gasteiger charge is -2.36. The fourth-order valence-corrected chi connectivity index (χ4v) is 6.05. The highest BCUT2D eigenvalue weighted by Crippen LogP contribution is 2.45. The van der Waals surface area contributed by atoms with Crippen LogP contribution in [0.5, 0.6) is 0 Å². The maximum absolute atomic E-state index is 10.8. The van der Waals surface area contributed by atoms with Crippen molar-refractivity contribution in [1.82, 2.24) is 44.1 Å². The first-order valence-electron chi connectivity index (χ1n) is 11.6. The molecule has 0 saturated carbocycles. The second-order valence-corrected chi connectivity index (χ2v) is 10.7.